The number of aromatic nitrogens is 1. The standard InChI is InChI=1S/C8H7N3O2/c9-7-4-10-8-2-1-5(11(12)13)3-6(7)8/h1-4,10H,9H2. The summed E-state index contributed by atoms with van der Waals surface area (Å²) in [5, 5.41) is 11.1. The van der Waals surface area contributed by atoms with Gasteiger partial charge in [0, 0.05) is 29.2 Å². The van der Waals surface area contributed by atoms with Crippen molar-refractivity contribution < 1.29 is 4.92 Å². The molecule has 0 spiro atoms. The van der Waals surface area contributed by atoms with Crippen molar-refractivity contribution >= 4 is 22.3 Å². The van der Waals surface area contributed by atoms with Crippen molar-refractivity contribution in [2.24, 2.45) is 0 Å². The Morgan fingerprint density at radius 1 is 1.46 bits per heavy atom. The van der Waals surface area contributed by atoms with E-state index in [4.69, 9.17) is 5.73 Å². The number of aromatic amines is 1. The molecule has 2 rings (SSSR count). The van der Waals surface area contributed by atoms with Crippen molar-refractivity contribution in [3.63, 3.8) is 0 Å². The number of nitro benzene ring substituents is 1. The molecule has 66 valence electrons. The molecule has 0 radical (unpaired) electrons. The van der Waals surface area contributed by atoms with Crippen LogP contribution in [0.25, 0.3) is 10.9 Å². The van der Waals surface area contributed by atoms with Gasteiger partial charge in [-0.1, -0.05) is 0 Å². The zero-order valence-corrected chi connectivity index (χ0v) is 6.65. The molecule has 5 nitrogen and oxygen atoms in total. The molecule has 3 N–H and O–H groups in total. The van der Waals surface area contributed by atoms with E-state index < -0.39 is 4.92 Å². The van der Waals surface area contributed by atoms with E-state index in [0.29, 0.717) is 11.1 Å². The lowest BCUT2D eigenvalue weighted by atomic mass is 10.2. The summed E-state index contributed by atoms with van der Waals surface area (Å²) < 4.78 is 0. The summed E-state index contributed by atoms with van der Waals surface area (Å²) in [6.45, 7) is 0. The highest BCUT2D eigenvalue weighted by molar-refractivity contribution is 5.92. The number of non-ortho nitro benzene ring substituents is 1. The molecule has 0 aliphatic rings. The van der Waals surface area contributed by atoms with E-state index in [1.165, 1.54) is 12.1 Å². The summed E-state index contributed by atoms with van der Waals surface area (Å²) >= 11 is 0. The van der Waals surface area contributed by atoms with Crippen LogP contribution in [0.1, 0.15) is 0 Å². The van der Waals surface area contributed by atoms with Crippen LogP contribution in [0.15, 0.2) is 24.4 Å². The van der Waals surface area contributed by atoms with Gasteiger partial charge in [-0.05, 0) is 6.07 Å². The lowest BCUT2D eigenvalue weighted by molar-refractivity contribution is -0.384. The summed E-state index contributed by atoms with van der Waals surface area (Å²) in [7, 11) is 0. The number of nitrogens with one attached hydrogen (secondary N) is 1. The summed E-state index contributed by atoms with van der Waals surface area (Å²) in [5.74, 6) is 0. The monoisotopic (exact) mass is 177 g/mol. The van der Waals surface area contributed by atoms with Gasteiger partial charge in [0.15, 0.2) is 0 Å². The first kappa shape index (κ1) is 7.60. The number of nitrogens with zero attached hydrogens (tertiary/aromatic N) is 1. The second-order valence-electron chi connectivity index (χ2n) is 2.73. The predicted molar refractivity (Wildman–Crippen MR) is 49.4 cm³/mol. The molecule has 13 heavy (non-hydrogen) atoms. The SMILES string of the molecule is Nc1c[nH]c2ccc([N+](=O)[O-])cc12. The van der Waals surface area contributed by atoms with Gasteiger partial charge in [-0.2, -0.15) is 0 Å². The number of hydrogen-bond donors (Lipinski definition) is 2. The number of nitro groups is 1. The van der Waals surface area contributed by atoms with E-state index in [9.17, 15) is 10.1 Å². The lowest BCUT2D eigenvalue weighted by Crippen LogP contribution is -1.87. The van der Waals surface area contributed by atoms with Gasteiger partial charge < -0.3 is 10.7 Å². The van der Waals surface area contributed by atoms with Crippen LogP contribution in [-0.2, 0) is 0 Å². The third-order valence-electron chi connectivity index (χ3n) is 1.91. The van der Waals surface area contributed by atoms with Crippen molar-refractivity contribution in [2.75, 3.05) is 5.73 Å². The normalized spacial score (nSPS) is 10.5. The molecule has 0 aliphatic carbocycles. The van der Waals surface area contributed by atoms with Gasteiger partial charge in [0.1, 0.15) is 0 Å². The fourth-order valence-corrected chi connectivity index (χ4v) is 1.24. The number of fused-ring (bicyclic) bond motifs is 1. The number of benzene rings is 1. The van der Waals surface area contributed by atoms with Crippen LogP contribution in [0.2, 0.25) is 0 Å². The Kier molecular flexibility index (Phi) is 1.45. The molecule has 0 aliphatic heterocycles. The predicted octanol–water partition coefficient (Wildman–Crippen LogP) is 1.66. The molecule has 0 saturated carbocycles. The van der Waals surface area contributed by atoms with Gasteiger partial charge in [-0.3, -0.25) is 10.1 Å². The number of anilines is 1. The lowest BCUT2D eigenvalue weighted by Gasteiger charge is -1.92. The summed E-state index contributed by atoms with van der Waals surface area (Å²) in [5.41, 5.74) is 6.98. The number of nitrogen functional groups attached to an aromatic ring is 1. The molecule has 2 aromatic rings. The maximum Gasteiger partial charge on any atom is 0.270 e. The van der Waals surface area contributed by atoms with Gasteiger partial charge in [0.05, 0.1) is 10.6 Å². The third-order valence-corrected chi connectivity index (χ3v) is 1.91. The van der Waals surface area contributed by atoms with Crippen LogP contribution >= 0.6 is 0 Å². The zero-order valence-electron chi connectivity index (χ0n) is 6.65. The average Bonchev–Trinajstić information content (AvgIpc) is 2.47. The Hall–Kier alpha value is -2.04. The van der Waals surface area contributed by atoms with E-state index in [2.05, 4.69) is 4.98 Å². The highest BCUT2D eigenvalue weighted by Crippen LogP contribution is 2.24. The van der Waals surface area contributed by atoms with Gasteiger partial charge in [0.25, 0.3) is 5.69 Å². The number of nitrogens with two attached hydrogens (primary N) is 1. The minimum absolute atomic E-state index is 0.0544. The molecule has 0 unspecified atom stereocenters. The second kappa shape index (κ2) is 2.48. The first-order valence-electron chi connectivity index (χ1n) is 3.69. The maximum atomic E-state index is 10.4. The van der Waals surface area contributed by atoms with Crippen molar-refractivity contribution in [3.05, 3.63) is 34.5 Å². The molecular weight excluding hydrogens is 170 g/mol. The van der Waals surface area contributed by atoms with Gasteiger partial charge in [0.2, 0.25) is 0 Å². The van der Waals surface area contributed by atoms with E-state index in [1.807, 2.05) is 0 Å². The van der Waals surface area contributed by atoms with Crippen molar-refractivity contribution in [2.45, 2.75) is 0 Å². The molecule has 1 aromatic carbocycles. The molecule has 1 aromatic heterocycles. The van der Waals surface area contributed by atoms with Crippen molar-refractivity contribution in [3.8, 4) is 0 Å². The minimum atomic E-state index is -0.439. The van der Waals surface area contributed by atoms with Crippen LogP contribution in [0.4, 0.5) is 11.4 Å². The molecule has 0 fully saturated rings. The minimum Gasteiger partial charge on any atom is -0.397 e. The first-order chi connectivity index (χ1) is 6.18. The number of rotatable bonds is 1. The van der Waals surface area contributed by atoms with E-state index >= 15 is 0 Å². The van der Waals surface area contributed by atoms with Crippen LogP contribution in [0.3, 0.4) is 0 Å². The average molecular weight is 177 g/mol. The van der Waals surface area contributed by atoms with Crippen LogP contribution in [0, 0.1) is 10.1 Å². The van der Waals surface area contributed by atoms with E-state index in [0.717, 1.165) is 5.52 Å². The highest BCUT2D eigenvalue weighted by atomic mass is 16.6. The van der Waals surface area contributed by atoms with Crippen LogP contribution in [0.5, 0.6) is 0 Å². The van der Waals surface area contributed by atoms with E-state index in [1.54, 1.807) is 12.3 Å². The second-order valence-corrected chi connectivity index (χ2v) is 2.73. The van der Waals surface area contributed by atoms with Gasteiger partial charge in [-0.15, -0.1) is 0 Å². The molecule has 0 atom stereocenters. The molecule has 0 amide bonds. The molecular formula is C8H7N3O2. The first-order valence-corrected chi connectivity index (χ1v) is 3.69. The Morgan fingerprint density at radius 2 is 2.23 bits per heavy atom. The quantitative estimate of drug-likeness (QED) is 0.513. The van der Waals surface area contributed by atoms with E-state index in [-0.39, 0.29) is 5.69 Å². The van der Waals surface area contributed by atoms with Crippen LogP contribution < -0.4 is 5.73 Å². The molecule has 0 saturated heterocycles. The fourth-order valence-electron chi connectivity index (χ4n) is 1.24. The third kappa shape index (κ3) is 1.10. The van der Waals surface area contributed by atoms with Crippen molar-refractivity contribution in [1.82, 2.24) is 4.98 Å². The highest BCUT2D eigenvalue weighted by Gasteiger charge is 2.08. The summed E-state index contributed by atoms with van der Waals surface area (Å²) in [4.78, 5) is 12.9. The largest absolute Gasteiger partial charge is 0.397 e. The van der Waals surface area contributed by atoms with Crippen molar-refractivity contribution in [1.29, 1.82) is 0 Å². The molecule has 0 bridgehead atoms. The zero-order chi connectivity index (χ0) is 9.42. The number of hydrogen-bond acceptors (Lipinski definition) is 3. The topological polar surface area (TPSA) is 85.0 Å². The van der Waals surface area contributed by atoms with Gasteiger partial charge in [-0.25, -0.2) is 0 Å². The smallest absolute Gasteiger partial charge is 0.270 e. The maximum absolute atomic E-state index is 10.4. The Balaban J connectivity index is 2.72. The van der Waals surface area contributed by atoms with Crippen LogP contribution in [-0.4, -0.2) is 9.91 Å². The van der Waals surface area contributed by atoms with Gasteiger partial charge >= 0.3 is 0 Å². The number of H-pyrrole nitrogens is 1. The summed E-state index contributed by atoms with van der Waals surface area (Å²) in [6.07, 6.45) is 1.62. The molecule has 1 heterocycles. The Labute approximate surface area is 73.3 Å². The summed E-state index contributed by atoms with van der Waals surface area (Å²) in [6, 6.07) is 4.54. The fraction of sp³-hybridized carbons (Fsp3) is 0. The Bertz CT molecular complexity index is 475. The Morgan fingerprint density at radius 3 is 2.92 bits per heavy atom. The molecule has 5 heteroatoms.